The van der Waals surface area contributed by atoms with Gasteiger partial charge in [0.05, 0.1) is 5.69 Å². The number of tetrazole rings is 1. The summed E-state index contributed by atoms with van der Waals surface area (Å²) >= 11 is 0. The van der Waals surface area contributed by atoms with Crippen LogP contribution in [0.4, 0.5) is 0 Å². The van der Waals surface area contributed by atoms with Crippen molar-refractivity contribution in [3.8, 4) is 5.69 Å². The fourth-order valence-electron chi connectivity index (χ4n) is 2.12. The fourth-order valence-corrected chi connectivity index (χ4v) is 2.12. The first-order chi connectivity index (χ1) is 11.6. The molecule has 3 aromatic rings. The Balaban J connectivity index is 1.73. The Morgan fingerprint density at radius 3 is 2.71 bits per heavy atom. The van der Waals surface area contributed by atoms with Gasteiger partial charge in [-0.25, -0.2) is 15.0 Å². The zero-order chi connectivity index (χ0) is 16.9. The van der Waals surface area contributed by atoms with Gasteiger partial charge in [-0.2, -0.15) is 4.68 Å². The van der Waals surface area contributed by atoms with Crippen LogP contribution in [-0.2, 0) is 11.4 Å². The number of aromatic nitrogens is 4. The standard InChI is InChI=1S/C16H15N5O3/c1-20(24-11-12-6-3-2-4-7-12)15(22)13-8-5-9-14(10-13)21-16(23)17-18-19-21/h2-10H,11H2,1H3,(H,17,19,23). The van der Waals surface area contributed by atoms with Crippen LogP contribution in [0.2, 0.25) is 0 Å². The number of aromatic amines is 1. The van der Waals surface area contributed by atoms with Crippen LogP contribution in [0.5, 0.6) is 0 Å². The maximum atomic E-state index is 12.4. The minimum Gasteiger partial charge on any atom is -0.267 e. The highest BCUT2D eigenvalue weighted by Crippen LogP contribution is 2.11. The number of H-pyrrole nitrogens is 1. The van der Waals surface area contributed by atoms with Crippen LogP contribution >= 0.6 is 0 Å². The monoisotopic (exact) mass is 325 g/mol. The Morgan fingerprint density at radius 2 is 2.00 bits per heavy atom. The molecule has 0 bridgehead atoms. The van der Waals surface area contributed by atoms with Gasteiger partial charge in [0.2, 0.25) is 0 Å². The van der Waals surface area contributed by atoms with Gasteiger partial charge in [0.25, 0.3) is 5.91 Å². The molecule has 0 unspecified atom stereocenters. The number of benzene rings is 2. The molecule has 0 radical (unpaired) electrons. The van der Waals surface area contributed by atoms with Gasteiger partial charge in [-0.05, 0) is 34.2 Å². The van der Waals surface area contributed by atoms with Gasteiger partial charge < -0.3 is 0 Å². The number of carbonyl (C=O) groups excluding carboxylic acids is 1. The third-order valence-corrected chi connectivity index (χ3v) is 3.36. The van der Waals surface area contributed by atoms with Crippen molar-refractivity contribution in [1.29, 1.82) is 0 Å². The summed E-state index contributed by atoms with van der Waals surface area (Å²) in [5, 5.41) is 10.4. The molecule has 0 atom stereocenters. The highest BCUT2D eigenvalue weighted by molar-refractivity contribution is 5.93. The van der Waals surface area contributed by atoms with Crippen LogP contribution in [0, 0.1) is 0 Å². The number of hydroxylamine groups is 2. The van der Waals surface area contributed by atoms with E-state index in [1.165, 1.54) is 0 Å². The van der Waals surface area contributed by atoms with Gasteiger partial charge in [-0.15, -0.1) is 0 Å². The first kappa shape index (κ1) is 15.6. The normalized spacial score (nSPS) is 10.5. The number of rotatable bonds is 5. The summed E-state index contributed by atoms with van der Waals surface area (Å²) in [4.78, 5) is 29.5. The summed E-state index contributed by atoms with van der Waals surface area (Å²) in [6, 6.07) is 16.1. The van der Waals surface area contributed by atoms with Crippen LogP contribution in [-0.4, -0.2) is 38.2 Å². The zero-order valence-corrected chi connectivity index (χ0v) is 12.9. The number of hydrogen-bond donors (Lipinski definition) is 1. The predicted molar refractivity (Wildman–Crippen MR) is 85.3 cm³/mol. The zero-order valence-electron chi connectivity index (χ0n) is 12.9. The quantitative estimate of drug-likeness (QED) is 0.711. The van der Waals surface area contributed by atoms with Gasteiger partial charge in [0.1, 0.15) is 6.61 Å². The van der Waals surface area contributed by atoms with E-state index in [0.29, 0.717) is 11.3 Å². The van der Waals surface area contributed by atoms with Gasteiger partial charge in [0, 0.05) is 12.6 Å². The molecule has 0 aliphatic rings. The molecule has 122 valence electrons. The lowest BCUT2D eigenvalue weighted by atomic mass is 10.2. The van der Waals surface area contributed by atoms with E-state index in [4.69, 9.17) is 4.84 Å². The predicted octanol–water partition coefficient (Wildman–Crippen LogP) is 1.16. The third-order valence-electron chi connectivity index (χ3n) is 3.36. The SMILES string of the molecule is CN(OCc1ccccc1)C(=O)c1cccc(-n2nn[nH]c2=O)c1. The molecule has 1 heterocycles. The minimum atomic E-state index is -0.478. The molecular formula is C16H15N5O3. The second kappa shape index (κ2) is 6.88. The van der Waals surface area contributed by atoms with Crippen LogP contribution in [0.25, 0.3) is 5.69 Å². The van der Waals surface area contributed by atoms with Gasteiger partial charge in [-0.3, -0.25) is 9.63 Å². The molecule has 1 N–H and O–H groups in total. The Labute approximate surface area is 137 Å². The van der Waals surface area contributed by atoms with Gasteiger partial charge in [-0.1, -0.05) is 36.4 Å². The molecule has 8 heteroatoms. The average molecular weight is 325 g/mol. The summed E-state index contributed by atoms with van der Waals surface area (Å²) in [6.45, 7) is 0.283. The van der Waals surface area contributed by atoms with Crippen molar-refractivity contribution in [3.05, 3.63) is 76.2 Å². The molecule has 8 nitrogen and oxygen atoms in total. The Morgan fingerprint density at radius 1 is 1.21 bits per heavy atom. The Hall–Kier alpha value is -3.26. The highest BCUT2D eigenvalue weighted by atomic mass is 16.7. The molecule has 0 fully saturated rings. The molecule has 0 saturated carbocycles. The fraction of sp³-hybridized carbons (Fsp3) is 0.125. The van der Waals surface area contributed by atoms with Crippen molar-refractivity contribution in [2.75, 3.05) is 7.05 Å². The molecule has 0 saturated heterocycles. The smallest absolute Gasteiger partial charge is 0.267 e. The lowest BCUT2D eigenvalue weighted by Crippen LogP contribution is -2.27. The average Bonchev–Trinajstić information content (AvgIpc) is 3.06. The topological polar surface area (TPSA) is 93.1 Å². The molecule has 3 rings (SSSR count). The molecule has 0 aliphatic carbocycles. The molecule has 0 spiro atoms. The highest BCUT2D eigenvalue weighted by Gasteiger charge is 2.14. The number of nitrogens with zero attached hydrogens (tertiary/aromatic N) is 4. The van der Waals surface area contributed by atoms with E-state index >= 15 is 0 Å². The van der Waals surface area contributed by atoms with E-state index in [-0.39, 0.29) is 12.5 Å². The second-order valence-corrected chi connectivity index (χ2v) is 5.03. The molecular weight excluding hydrogens is 310 g/mol. The van der Waals surface area contributed by atoms with Crippen molar-refractivity contribution in [2.24, 2.45) is 0 Å². The van der Waals surface area contributed by atoms with Crippen LogP contribution in [0.15, 0.2) is 59.4 Å². The van der Waals surface area contributed by atoms with Crippen LogP contribution in [0.1, 0.15) is 15.9 Å². The second-order valence-electron chi connectivity index (χ2n) is 5.03. The maximum absolute atomic E-state index is 12.4. The number of amides is 1. The number of hydrogen-bond acceptors (Lipinski definition) is 5. The summed E-state index contributed by atoms with van der Waals surface area (Å²) in [5.41, 5.74) is 1.29. The number of carbonyl (C=O) groups is 1. The molecule has 24 heavy (non-hydrogen) atoms. The van der Waals surface area contributed by atoms with E-state index in [9.17, 15) is 9.59 Å². The van der Waals surface area contributed by atoms with Crippen molar-refractivity contribution >= 4 is 5.91 Å². The minimum absolute atomic E-state index is 0.283. The summed E-state index contributed by atoms with van der Waals surface area (Å²) < 4.78 is 1.07. The van der Waals surface area contributed by atoms with E-state index in [1.807, 2.05) is 30.3 Å². The lowest BCUT2D eigenvalue weighted by molar-refractivity contribution is -0.116. The van der Waals surface area contributed by atoms with Crippen LogP contribution in [0.3, 0.4) is 0 Å². The Bertz CT molecular complexity index is 888. The summed E-state index contributed by atoms with van der Waals surface area (Å²) in [7, 11) is 1.54. The van der Waals surface area contributed by atoms with Gasteiger partial charge in [0.15, 0.2) is 0 Å². The number of nitrogens with one attached hydrogen (secondary N) is 1. The molecule has 1 amide bonds. The van der Waals surface area contributed by atoms with Crippen molar-refractivity contribution < 1.29 is 9.63 Å². The van der Waals surface area contributed by atoms with Crippen molar-refractivity contribution in [2.45, 2.75) is 6.61 Å². The van der Waals surface area contributed by atoms with E-state index in [1.54, 1.807) is 31.3 Å². The van der Waals surface area contributed by atoms with Crippen molar-refractivity contribution in [3.63, 3.8) is 0 Å². The summed E-state index contributed by atoms with van der Waals surface area (Å²) in [6.07, 6.45) is 0. The molecule has 2 aromatic carbocycles. The first-order valence-corrected chi connectivity index (χ1v) is 7.21. The maximum Gasteiger partial charge on any atom is 0.365 e. The summed E-state index contributed by atoms with van der Waals surface area (Å²) in [5.74, 6) is -0.329. The molecule has 1 aromatic heterocycles. The van der Waals surface area contributed by atoms with Gasteiger partial charge >= 0.3 is 5.69 Å². The third kappa shape index (κ3) is 3.39. The van der Waals surface area contributed by atoms with Crippen LogP contribution < -0.4 is 5.69 Å². The molecule has 0 aliphatic heterocycles. The van der Waals surface area contributed by atoms with E-state index in [2.05, 4.69) is 15.5 Å². The van der Waals surface area contributed by atoms with Crippen molar-refractivity contribution in [1.82, 2.24) is 25.3 Å². The first-order valence-electron chi connectivity index (χ1n) is 7.21. The van der Waals surface area contributed by atoms with E-state index in [0.717, 1.165) is 15.3 Å². The Kier molecular flexibility index (Phi) is 4.48. The largest absolute Gasteiger partial charge is 0.365 e. The lowest BCUT2D eigenvalue weighted by Gasteiger charge is -2.17. The van der Waals surface area contributed by atoms with E-state index < -0.39 is 5.69 Å².